The molecule has 2 aromatic carbocycles. The minimum Gasteiger partial charge on any atom is -0.489 e. The zero-order chi connectivity index (χ0) is 18.4. The van der Waals surface area contributed by atoms with Gasteiger partial charge in [0.05, 0.1) is 4.47 Å². The molecule has 0 heterocycles. The summed E-state index contributed by atoms with van der Waals surface area (Å²) >= 11 is 6.86. The molecule has 25 heavy (non-hydrogen) atoms. The number of carbonyl (C=O) groups excluding carboxylic acids is 1. The summed E-state index contributed by atoms with van der Waals surface area (Å²) in [6.45, 7) is 8.01. The van der Waals surface area contributed by atoms with Gasteiger partial charge in [-0.2, -0.15) is 0 Å². The van der Waals surface area contributed by atoms with Gasteiger partial charge in [0.2, 0.25) is 0 Å². The van der Waals surface area contributed by atoms with E-state index in [0.717, 1.165) is 25.8 Å². The molecule has 1 N–H and O–H groups in total. The van der Waals surface area contributed by atoms with Crippen LogP contribution in [-0.2, 0) is 4.79 Å². The summed E-state index contributed by atoms with van der Waals surface area (Å²) in [5.74, 6) is 1.15. The average Bonchev–Trinajstić information content (AvgIpc) is 2.53. The number of hydrogen-bond acceptors (Lipinski definition) is 3. The van der Waals surface area contributed by atoms with Gasteiger partial charge in [-0.15, -0.1) is 0 Å². The monoisotopic (exact) mass is 467 g/mol. The Kier molecular flexibility index (Phi) is 7.08. The molecule has 0 aliphatic rings. The number of anilines is 1. The second-order valence-electron chi connectivity index (χ2n) is 5.64. The van der Waals surface area contributed by atoms with E-state index >= 15 is 0 Å². The lowest BCUT2D eigenvalue weighted by molar-refractivity contribution is -0.118. The van der Waals surface area contributed by atoms with Crippen molar-refractivity contribution in [2.45, 2.75) is 13.8 Å². The number of halogens is 2. The van der Waals surface area contributed by atoms with E-state index in [1.807, 2.05) is 26.0 Å². The third kappa shape index (κ3) is 6.21. The van der Waals surface area contributed by atoms with Crippen molar-refractivity contribution in [3.63, 3.8) is 0 Å². The minimum atomic E-state index is -0.232. The molecule has 0 bridgehead atoms. The van der Waals surface area contributed by atoms with Crippen LogP contribution in [0, 0.1) is 6.92 Å². The van der Waals surface area contributed by atoms with Crippen LogP contribution in [-0.4, -0.2) is 19.1 Å². The quantitative estimate of drug-likeness (QED) is 0.546. The molecule has 0 aliphatic heterocycles. The Morgan fingerprint density at radius 3 is 2.40 bits per heavy atom. The molecule has 1 amide bonds. The summed E-state index contributed by atoms with van der Waals surface area (Å²) in [6.07, 6.45) is 0. The Bertz CT molecular complexity index is 750. The number of benzene rings is 2. The standard InChI is InChI=1S/C19H19Br2NO3/c1-12(2)10-24-16-6-4-15(5-7-16)22-18(23)11-25-19-13(3)8-14(20)9-17(19)21/h4-9H,1,10-11H2,2-3H3,(H,22,23). The maximum absolute atomic E-state index is 12.1. The summed E-state index contributed by atoms with van der Waals surface area (Å²) in [4.78, 5) is 12.1. The van der Waals surface area contributed by atoms with Crippen molar-refractivity contribution in [2.24, 2.45) is 0 Å². The van der Waals surface area contributed by atoms with Gasteiger partial charge in [-0.25, -0.2) is 0 Å². The second-order valence-corrected chi connectivity index (χ2v) is 7.41. The predicted molar refractivity (Wildman–Crippen MR) is 107 cm³/mol. The number of nitrogens with one attached hydrogen (secondary N) is 1. The zero-order valence-electron chi connectivity index (χ0n) is 14.1. The van der Waals surface area contributed by atoms with E-state index in [1.165, 1.54) is 0 Å². The maximum atomic E-state index is 12.1. The molecule has 0 aliphatic carbocycles. The first-order valence-corrected chi connectivity index (χ1v) is 9.19. The van der Waals surface area contributed by atoms with Crippen LogP contribution >= 0.6 is 31.9 Å². The van der Waals surface area contributed by atoms with Gasteiger partial charge in [-0.3, -0.25) is 4.79 Å². The van der Waals surface area contributed by atoms with E-state index in [2.05, 4.69) is 43.8 Å². The first kappa shape index (κ1) is 19.5. The average molecular weight is 469 g/mol. The second kappa shape index (κ2) is 9.06. The largest absolute Gasteiger partial charge is 0.489 e. The van der Waals surface area contributed by atoms with Gasteiger partial charge in [-0.05, 0) is 77.3 Å². The number of aryl methyl sites for hydroxylation is 1. The molecule has 0 fully saturated rings. The highest BCUT2D eigenvalue weighted by Gasteiger charge is 2.10. The van der Waals surface area contributed by atoms with Crippen LogP contribution in [0.1, 0.15) is 12.5 Å². The van der Waals surface area contributed by atoms with Crippen LogP contribution in [0.2, 0.25) is 0 Å². The van der Waals surface area contributed by atoms with E-state index in [4.69, 9.17) is 9.47 Å². The minimum absolute atomic E-state index is 0.0744. The first-order valence-electron chi connectivity index (χ1n) is 7.60. The van der Waals surface area contributed by atoms with Gasteiger partial charge < -0.3 is 14.8 Å². The van der Waals surface area contributed by atoms with Gasteiger partial charge in [0.1, 0.15) is 18.1 Å². The Balaban J connectivity index is 1.89. The lowest BCUT2D eigenvalue weighted by Crippen LogP contribution is -2.20. The molecule has 0 atom stereocenters. The van der Waals surface area contributed by atoms with Gasteiger partial charge in [-0.1, -0.05) is 22.5 Å². The summed E-state index contributed by atoms with van der Waals surface area (Å²) in [5, 5.41) is 2.79. The van der Waals surface area contributed by atoms with Crippen LogP contribution in [0.4, 0.5) is 5.69 Å². The fraction of sp³-hybridized carbons (Fsp3) is 0.211. The lowest BCUT2D eigenvalue weighted by Gasteiger charge is -2.12. The number of hydrogen-bond donors (Lipinski definition) is 1. The molecule has 0 unspecified atom stereocenters. The van der Waals surface area contributed by atoms with E-state index in [9.17, 15) is 4.79 Å². The van der Waals surface area contributed by atoms with Crippen LogP contribution in [0.5, 0.6) is 11.5 Å². The van der Waals surface area contributed by atoms with Crippen molar-refractivity contribution in [3.8, 4) is 11.5 Å². The molecule has 0 aromatic heterocycles. The molecule has 6 heteroatoms. The summed E-state index contributed by atoms with van der Waals surface area (Å²) in [7, 11) is 0. The van der Waals surface area contributed by atoms with Crippen LogP contribution in [0.15, 0.2) is 57.5 Å². The number of ether oxygens (including phenoxy) is 2. The SMILES string of the molecule is C=C(C)COc1ccc(NC(=O)COc2c(C)cc(Br)cc2Br)cc1. The van der Waals surface area contributed by atoms with Gasteiger partial charge in [0.25, 0.3) is 5.91 Å². The smallest absolute Gasteiger partial charge is 0.262 e. The number of carbonyl (C=O) groups is 1. The molecule has 2 rings (SSSR count). The molecule has 0 spiro atoms. The lowest BCUT2D eigenvalue weighted by atomic mass is 10.2. The van der Waals surface area contributed by atoms with E-state index in [0.29, 0.717) is 18.0 Å². The Morgan fingerprint density at radius 1 is 1.12 bits per heavy atom. The fourth-order valence-corrected chi connectivity index (χ4v) is 3.60. The third-order valence-corrected chi connectivity index (χ3v) is 4.21. The van der Waals surface area contributed by atoms with E-state index in [1.54, 1.807) is 24.3 Å². The van der Waals surface area contributed by atoms with Gasteiger partial charge in [0, 0.05) is 10.2 Å². The summed E-state index contributed by atoms with van der Waals surface area (Å²) < 4.78 is 12.9. The van der Waals surface area contributed by atoms with Crippen LogP contribution in [0.25, 0.3) is 0 Å². The number of rotatable bonds is 7. The summed E-state index contributed by atoms with van der Waals surface area (Å²) in [5.41, 5.74) is 2.57. The highest BCUT2D eigenvalue weighted by atomic mass is 79.9. The predicted octanol–water partition coefficient (Wildman–Crippen LogP) is 5.49. The normalized spacial score (nSPS) is 10.2. The van der Waals surface area contributed by atoms with Crippen molar-refractivity contribution in [1.29, 1.82) is 0 Å². The van der Waals surface area contributed by atoms with Crippen molar-refractivity contribution in [2.75, 3.05) is 18.5 Å². The highest BCUT2D eigenvalue weighted by molar-refractivity contribution is 9.11. The highest BCUT2D eigenvalue weighted by Crippen LogP contribution is 2.32. The number of amides is 1. The van der Waals surface area contributed by atoms with E-state index < -0.39 is 0 Å². The van der Waals surface area contributed by atoms with Crippen LogP contribution < -0.4 is 14.8 Å². The Hall–Kier alpha value is -1.79. The molecule has 0 saturated heterocycles. The molecule has 0 radical (unpaired) electrons. The third-order valence-electron chi connectivity index (χ3n) is 3.16. The molecular formula is C19H19Br2NO3. The van der Waals surface area contributed by atoms with Crippen molar-refractivity contribution < 1.29 is 14.3 Å². The molecule has 0 saturated carbocycles. The topological polar surface area (TPSA) is 47.6 Å². The van der Waals surface area contributed by atoms with Gasteiger partial charge in [0.15, 0.2) is 6.61 Å². The Morgan fingerprint density at radius 2 is 1.80 bits per heavy atom. The van der Waals surface area contributed by atoms with E-state index in [-0.39, 0.29) is 12.5 Å². The fourth-order valence-electron chi connectivity index (χ4n) is 2.05. The van der Waals surface area contributed by atoms with Crippen molar-refractivity contribution in [1.82, 2.24) is 0 Å². The molecular weight excluding hydrogens is 450 g/mol. The van der Waals surface area contributed by atoms with Gasteiger partial charge >= 0.3 is 0 Å². The molecule has 2 aromatic rings. The van der Waals surface area contributed by atoms with Crippen molar-refractivity contribution >= 4 is 43.5 Å². The summed E-state index contributed by atoms with van der Waals surface area (Å²) in [6, 6.07) is 11.0. The first-order chi connectivity index (χ1) is 11.8. The van der Waals surface area contributed by atoms with Crippen LogP contribution in [0.3, 0.4) is 0 Å². The maximum Gasteiger partial charge on any atom is 0.262 e. The Labute approximate surface area is 164 Å². The van der Waals surface area contributed by atoms with Crippen molar-refractivity contribution in [3.05, 3.63) is 63.1 Å². The zero-order valence-corrected chi connectivity index (χ0v) is 17.2. The molecule has 4 nitrogen and oxygen atoms in total. The molecule has 132 valence electrons.